The second-order valence-corrected chi connectivity index (χ2v) is 8.28. The van der Waals surface area contributed by atoms with E-state index in [9.17, 15) is 14.4 Å². The summed E-state index contributed by atoms with van der Waals surface area (Å²) in [7, 11) is 0. The number of hydrogen-bond donors (Lipinski definition) is 3. The fourth-order valence-corrected chi connectivity index (χ4v) is 3.88. The predicted octanol–water partition coefficient (Wildman–Crippen LogP) is 3.86. The van der Waals surface area contributed by atoms with Crippen molar-refractivity contribution in [3.63, 3.8) is 0 Å². The zero-order chi connectivity index (χ0) is 23.1. The van der Waals surface area contributed by atoms with Crippen LogP contribution in [0.3, 0.4) is 0 Å². The summed E-state index contributed by atoms with van der Waals surface area (Å²) in [5.74, 6) is -0.431. The van der Waals surface area contributed by atoms with Crippen LogP contribution in [0, 0.1) is 0 Å². The van der Waals surface area contributed by atoms with Crippen LogP contribution >= 0.6 is 11.8 Å². The van der Waals surface area contributed by atoms with E-state index in [4.69, 9.17) is 0 Å². The summed E-state index contributed by atoms with van der Waals surface area (Å²) >= 11 is 1.15. The third-order valence-corrected chi connectivity index (χ3v) is 5.95. The second kappa shape index (κ2) is 10.7. The lowest BCUT2D eigenvalue weighted by Crippen LogP contribution is -2.25. The van der Waals surface area contributed by atoms with Crippen LogP contribution in [0.5, 0.6) is 0 Å². The fourth-order valence-electron chi connectivity index (χ4n) is 3.04. The molecule has 0 saturated heterocycles. The molecule has 32 heavy (non-hydrogen) atoms. The number of nitrogens with zero attached hydrogens (tertiary/aromatic N) is 2. The molecule has 166 valence electrons. The fraction of sp³-hybridized carbons (Fsp3) is 0.261. The summed E-state index contributed by atoms with van der Waals surface area (Å²) in [4.78, 5) is 39.5. The second-order valence-electron chi connectivity index (χ2n) is 7.09. The van der Waals surface area contributed by atoms with Gasteiger partial charge in [-0.25, -0.2) is 0 Å². The largest absolute Gasteiger partial charge is 0.326 e. The molecule has 2 aromatic carbocycles. The summed E-state index contributed by atoms with van der Waals surface area (Å²) in [6.45, 7) is 5.35. The molecular weight excluding hydrogens is 426 g/mol. The molecule has 3 aromatic rings. The number of carbonyl (C=O) groups excluding carboxylic acids is 2. The highest BCUT2D eigenvalue weighted by molar-refractivity contribution is 8.00. The monoisotopic (exact) mass is 451 g/mol. The molecular formula is C23H25N5O3S. The van der Waals surface area contributed by atoms with Gasteiger partial charge in [-0.3, -0.25) is 19.4 Å². The molecule has 0 spiro atoms. The van der Waals surface area contributed by atoms with Crippen molar-refractivity contribution in [1.29, 1.82) is 0 Å². The first kappa shape index (κ1) is 23.2. The van der Waals surface area contributed by atoms with Crippen LogP contribution in [0.25, 0.3) is 11.3 Å². The molecule has 0 aliphatic heterocycles. The quantitative estimate of drug-likeness (QED) is 0.448. The summed E-state index contributed by atoms with van der Waals surface area (Å²) in [5, 5.41) is 13.5. The average Bonchev–Trinajstić information content (AvgIpc) is 2.78. The molecule has 0 saturated carbocycles. The number of amides is 2. The number of para-hydroxylation sites is 1. The van der Waals surface area contributed by atoms with E-state index in [1.165, 1.54) is 12.5 Å². The smallest absolute Gasteiger partial charge is 0.278 e. The molecule has 0 aliphatic rings. The first-order chi connectivity index (χ1) is 15.4. The minimum absolute atomic E-state index is 0.0900. The zero-order valence-electron chi connectivity index (χ0n) is 18.1. The van der Waals surface area contributed by atoms with Crippen molar-refractivity contribution < 1.29 is 9.59 Å². The number of aromatic nitrogens is 3. The van der Waals surface area contributed by atoms with Crippen LogP contribution in [0.2, 0.25) is 0 Å². The van der Waals surface area contributed by atoms with E-state index in [1.807, 2.05) is 31.2 Å². The first-order valence-corrected chi connectivity index (χ1v) is 11.2. The summed E-state index contributed by atoms with van der Waals surface area (Å²) in [5.41, 5.74) is 2.49. The third kappa shape index (κ3) is 5.82. The van der Waals surface area contributed by atoms with Gasteiger partial charge in [-0.2, -0.15) is 0 Å². The molecule has 1 atom stereocenters. The van der Waals surface area contributed by atoms with Crippen molar-refractivity contribution in [2.45, 2.75) is 44.0 Å². The lowest BCUT2D eigenvalue weighted by molar-refractivity contribution is -0.116. The van der Waals surface area contributed by atoms with Gasteiger partial charge in [0.15, 0.2) is 10.9 Å². The predicted molar refractivity (Wildman–Crippen MR) is 127 cm³/mol. The number of hydrogen-bond acceptors (Lipinski definition) is 6. The van der Waals surface area contributed by atoms with Gasteiger partial charge in [-0.1, -0.05) is 55.9 Å². The number of aryl methyl sites for hydroxylation is 1. The Kier molecular flexibility index (Phi) is 7.77. The van der Waals surface area contributed by atoms with Gasteiger partial charge in [-0.15, -0.1) is 10.2 Å². The Labute approximate surface area is 190 Å². The number of rotatable bonds is 8. The van der Waals surface area contributed by atoms with E-state index in [2.05, 4.69) is 32.7 Å². The molecule has 0 bridgehead atoms. The van der Waals surface area contributed by atoms with Crippen LogP contribution in [0.1, 0.15) is 32.8 Å². The highest BCUT2D eigenvalue weighted by Crippen LogP contribution is 2.26. The number of H-pyrrole nitrogens is 1. The van der Waals surface area contributed by atoms with E-state index in [0.29, 0.717) is 17.7 Å². The van der Waals surface area contributed by atoms with E-state index < -0.39 is 10.8 Å². The maximum absolute atomic E-state index is 12.7. The molecule has 1 aromatic heterocycles. The van der Waals surface area contributed by atoms with Gasteiger partial charge >= 0.3 is 0 Å². The maximum Gasteiger partial charge on any atom is 0.278 e. The summed E-state index contributed by atoms with van der Waals surface area (Å²) in [6.07, 6.45) is 1.47. The van der Waals surface area contributed by atoms with Crippen LogP contribution in [0.4, 0.5) is 11.4 Å². The Morgan fingerprint density at radius 1 is 1.03 bits per heavy atom. The van der Waals surface area contributed by atoms with Gasteiger partial charge in [0.2, 0.25) is 11.8 Å². The molecule has 0 unspecified atom stereocenters. The van der Waals surface area contributed by atoms with E-state index in [1.54, 1.807) is 24.3 Å². The van der Waals surface area contributed by atoms with Crippen molar-refractivity contribution >= 4 is 35.0 Å². The van der Waals surface area contributed by atoms with Gasteiger partial charge in [-0.05, 0) is 36.6 Å². The Balaban J connectivity index is 1.76. The van der Waals surface area contributed by atoms with Crippen molar-refractivity contribution in [3.8, 4) is 11.3 Å². The average molecular weight is 452 g/mol. The molecule has 0 fully saturated rings. The topological polar surface area (TPSA) is 117 Å². The highest BCUT2D eigenvalue weighted by Gasteiger charge is 2.21. The number of carbonyl (C=O) groups is 2. The minimum Gasteiger partial charge on any atom is -0.326 e. The van der Waals surface area contributed by atoms with Gasteiger partial charge in [0, 0.05) is 18.2 Å². The van der Waals surface area contributed by atoms with Gasteiger partial charge in [0.1, 0.15) is 0 Å². The first-order valence-electron chi connectivity index (χ1n) is 10.3. The molecule has 0 aliphatic carbocycles. The number of aromatic amines is 1. The van der Waals surface area contributed by atoms with Gasteiger partial charge < -0.3 is 10.6 Å². The van der Waals surface area contributed by atoms with E-state index >= 15 is 0 Å². The number of benzene rings is 2. The number of anilines is 2. The Bertz CT molecular complexity index is 1160. The minimum atomic E-state index is -0.455. The summed E-state index contributed by atoms with van der Waals surface area (Å²) < 4.78 is 0. The summed E-state index contributed by atoms with van der Waals surface area (Å²) in [6, 6.07) is 14.6. The lowest BCUT2D eigenvalue weighted by Gasteiger charge is -2.14. The van der Waals surface area contributed by atoms with Crippen molar-refractivity contribution in [3.05, 3.63) is 64.4 Å². The van der Waals surface area contributed by atoms with Crippen molar-refractivity contribution in [2.24, 2.45) is 0 Å². The van der Waals surface area contributed by atoms with Crippen LogP contribution < -0.4 is 16.2 Å². The molecule has 0 radical (unpaired) electrons. The van der Waals surface area contributed by atoms with E-state index in [-0.39, 0.29) is 22.7 Å². The Morgan fingerprint density at radius 3 is 2.38 bits per heavy atom. The van der Waals surface area contributed by atoms with E-state index in [0.717, 1.165) is 23.9 Å². The van der Waals surface area contributed by atoms with Crippen LogP contribution in [0.15, 0.2) is 58.5 Å². The molecule has 8 nitrogen and oxygen atoms in total. The van der Waals surface area contributed by atoms with Gasteiger partial charge in [0.05, 0.1) is 10.9 Å². The lowest BCUT2D eigenvalue weighted by atomic mass is 10.1. The SMILES string of the molecule is CCc1ccc(NC(=O)[C@@H](CC)Sc2nnc(-c3ccccc3NC(C)=O)c(=O)[nH]2)cc1. The number of thioether (sulfide) groups is 1. The molecule has 2 amide bonds. The zero-order valence-corrected chi connectivity index (χ0v) is 19.0. The highest BCUT2D eigenvalue weighted by atomic mass is 32.2. The Hall–Kier alpha value is -3.46. The third-order valence-electron chi connectivity index (χ3n) is 4.72. The van der Waals surface area contributed by atoms with Crippen LogP contribution in [-0.2, 0) is 16.0 Å². The normalized spacial score (nSPS) is 11.6. The van der Waals surface area contributed by atoms with Gasteiger partial charge in [0.25, 0.3) is 5.56 Å². The Morgan fingerprint density at radius 2 is 1.75 bits per heavy atom. The molecule has 3 N–H and O–H groups in total. The van der Waals surface area contributed by atoms with Crippen LogP contribution in [-0.4, -0.2) is 32.2 Å². The maximum atomic E-state index is 12.7. The van der Waals surface area contributed by atoms with Crippen molar-refractivity contribution in [2.75, 3.05) is 10.6 Å². The standard InChI is InChI=1S/C23H25N5O3S/c1-4-15-10-12-16(13-11-15)25-21(30)19(5-2)32-23-26-22(31)20(27-28-23)17-8-6-7-9-18(17)24-14(3)29/h6-13,19H,4-5H2,1-3H3,(H,24,29)(H,25,30)(H,26,28,31)/t19-/m1/s1. The molecule has 3 rings (SSSR count). The number of nitrogens with one attached hydrogen (secondary N) is 3. The molecule has 1 heterocycles. The molecule has 9 heteroatoms. The van der Waals surface area contributed by atoms with Crippen molar-refractivity contribution in [1.82, 2.24) is 15.2 Å².